The molecule has 0 spiro atoms. The number of aromatic nitrogens is 3. The number of nitrogens with zero attached hydrogens (tertiary/aromatic N) is 4. The van der Waals surface area contributed by atoms with Gasteiger partial charge in [0, 0.05) is 54.5 Å². The fraction of sp³-hybridized carbons (Fsp3) is 0.238. The van der Waals surface area contributed by atoms with Crippen LogP contribution in [0.5, 0.6) is 5.75 Å². The molecule has 0 atom stereocenters. The van der Waals surface area contributed by atoms with E-state index in [0.717, 1.165) is 37.3 Å². The molecule has 31 heavy (non-hydrogen) atoms. The summed E-state index contributed by atoms with van der Waals surface area (Å²) in [6, 6.07) is 7.17. The maximum Gasteiger partial charge on any atom is 0.487 e. The van der Waals surface area contributed by atoms with Crippen LogP contribution < -0.4 is 15.0 Å². The Hall–Kier alpha value is -3.33. The highest BCUT2D eigenvalue weighted by Crippen LogP contribution is 2.31. The van der Waals surface area contributed by atoms with Gasteiger partial charge in [-0.25, -0.2) is 4.98 Å². The minimum Gasteiger partial charge on any atom is -0.420 e. The van der Waals surface area contributed by atoms with Crippen LogP contribution in [0.2, 0.25) is 0 Å². The number of anilines is 2. The topological polar surface area (TPSA) is 80.2 Å². The molecule has 2 aromatic heterocycles. The standard InChI is InChI=1S/C21H18ClF2N5O2/c22-21(23,24)31-16-5-3-15(4-6-16)28-20(30)14-11-17(18-13-25-7-8-26-18)19(27-12-14)29-9-1-2-10-29/h3-8,11-13H,1-2,9-10H2,(H,28,30). The van der Waals surface area contributed by atoms with Crippen molar-refractivity contribution >= 4 is 29.0 Å². The highest BCUT2D eigenvalue weighted by atomic mass is 35.5. The first kappa shape index (κ1) is 20.9. The third-order valence-electron chi connectivity index (χ3n) is 4.72. The van der Waals surface area contributed by atoms with Gasteiger partial charge in [-0.05, 0) is 43.2 Å². The number of hydrogen-bond donors (Lipinski definition) is 1. The van der Waals surface area contributed by atoms with Gasteiger partial charge in [-0.3, -0.25) is 14.8 Å². The van der Waals surface area contributed by atoms with E-state index in [4.69, 9.17) is 11.6 Å². The van der Waals surface area contributed by atoms with E-state index in [1.807, 2.05) is 0 Å². The number of ether oxygens (including phenoxy) is 1. The number of halogens is 3. The second-order valence-corrected chi connectivity index (χ2v) is 7.35. The van der Waals surface area contributed by atoms with Gasteiger partial charge in [-0.15, -0.1) is 8.78 Å². The summed E-state index contributed by atoms with van der Waals surface area (Å²) in [6.45, 7) is 1.78. The summed E-state index contributed by atoms with van der Waals surface area (Å²) in [6.07, 6.45) is 8.47. The fourth-order valence-corrected chi connectivity index (χ4v) is 3.42. The molecule has 1 aliphatic heterocycles. The Labute approximate surface area is 182 Å². The summed E-state index contributed by atoms with van der Waals surface area (Å²) in [5.74, 6) is 0.236. The molecule has 1 saturated heterocycles. The van der Waals surface area contributed by atoms with Crippen molar-refractivity contribution in [2.24, 2.45) is 0 Å². The van der Waals surface area contributed by atoms with Gasteiger partial charge in [-0.2, -0.15) is 0 Å². The zero-order chi connectivity index (χ0) is 21.8. The number of alkyl halides is 3. The van der Waals surface area contributed by atoms with Crippen molar-refractivity contribution in [2.45, 2.75) is 18.4 Å². The Morgan fingerprint density at radius 2 is 1.84 bits per heavy atom. The van der Waals surface area contributed by atoms with E-state index in [1.54, 1.807) is 24.7 Å². The number of carbonyl (C=O) groups is 1. The SMILES string of the molecule is O=C(Nc1ccc(OC(F)(F)Cl)cc1)c1cnc(N2CCCC2)c(-c2cnccn2)c1. The van der Waals surface area contributed by atoms with Gasteiger partial charge in [-0.1, -0.05) is 0 Å². The van der Waals surface area contributed by atoms with Gasteiger partial charge >= 0.3 is 5.57 Å². The number of amides is 1. The summed E-state index contributed by atoms with van der Waals surface area (Å²) in [7, 11) is 0. The minimum atomic E-state index is -3.80. The Morgan fingerprint density at radius 1 is 1.10 bits per heavy atom. The average molecular weight is 446 g/mol. The van der Waals surface area contributed by atoms with Gasteiger partial charge in [0.25, 0.3) is 5.91 Å². The maximum atomic E-state index is 12.8. The molecule has 0 unspecified atom stereocenters. The van der Waals surface area contributed by atoms with Crippen molar-refractivity contribution < 1.29 is 18.3 Å². The van der Waals surface area contributed by atoms with E-state index < -0.39 is 11.5 Å². The van der Waals surface area contributed by atoms with E-state index >= 15 is 0 Å². The Morgan fingerprint density at radius 3 is 2.48 bits per heavy atom. The average Bonchev–Trinajstić information content (AvgIpc) is 3.29. The van der Waals surface area contributed by atoms with Crippen LogP contribution in [0.4, 0.5) is 20.3 Å². The monoisotopic (exact) mass is 445 g/mol. The molecule has 0 radical (unpaired) electrons. The summed E-state index contributed by atoms with van der Waals surface area (Å²) in [5, 5.41) is 2.71. The van der Waals surface area contributed by atoms with Crippen LogP contribution in [0.25, 0.3) is 11.3 Å². The molecule has 0 aliphatic carbocycles. The van der Waals surface area contributed by atoms with Crippen LogP contribution in [0.1, 0.15) is 23.2 Å². The first-order valence-electron chi connectivity index (χ1n) is 9.57. The molecule has 3 heterocycles. The first-order valence-corrected chi connectivity index (χ1v) is 9.95. The van der Waals surface area contributed by atoms with Crippen molar-refractivity contribution in [2.75, 3.05) is 23.3 Å². The highest BCUT2D eigenvalue weighted by Gasteiger charge is 2.27. The largest absolute Gasteiger partial charge is 0.487 e. The second kappa shape index (κ2) is 8.81. The Kier molecular flexibility index (Phi) is 5.94. The van der Waals surface area contributed by atoms with E-state index in [9.17, 15) is 13.6 Å². The number of hydrogen-bond acceptors (Lipinski definition) is 6. The van der Waals surface area contributed by atoms with Crippen LogP contribution in [-0.2, 0) is 0 Å². The van der Waals surface area contributed by atoms with Crippen molar-refractivity contribution in [1.82, 2.24) is 15.0 Å². The van der Waals surface area contributed by atoms with E-state index in [2.05, 4.69) is 29.9 Å². The van der Waals surface area contributed by atoms with E-state index in [1.165, 1.54) is 30.5 Å². The van der Waals surface area contributed by atoms with Gasteiger partial charge in [0.2, 0.25) is 0 Å². The smallest absolute Gasteiger partial charge is 0.420 e. The summed E-state index contributed by atoms with van der Waals surface area (Å²) >= 11 is 4.75. The maximum absolute atomic E-state index is 12.8. The Balaban J connectivity index is 1.57. The third-order valence-corrected chi connectivity index (χ3v) is 4.80. The lowest BCUT2D eigenvalue weighted by Gasteiger charge is -2.20. The lowest BCUT2D eigenvalue weighted by atomic mass is 10.1. The molecule has 0 bridgehead atoms. The quantitative estimate of drug-likeness (QED) is 0.560. The van der Waals surface area contributed by atoms with Crippen LogP contribution in [0.3, 0.4) is 0 Å². The fourth-order valence-electron chi connectivity index (χ4n) is 3.33. The zero-order valence-corrected chi connectivity index (χ0v) is 17.0. The van der Waals surface area contributed by atoms with Gasteiger partial charge in [0.1, 0.15) is 11.6 Å². The number of carbonyl (C=O) groups excluding carboxylic acids is 1. The van der Waals surface area contributed by atoms with E-state index in [-0.39, 0.29) is 5.75 Å². The molecule has 3 aromatic rings. The molecule has 0 saturated carbocycles. The van der Waals surface area contributed by atoms with Gasteiger partial charge in [0.05, 0.1) is 17.5 Å². The number of pyridine rings is 1. The molecule has 1 N–H and O–H groups in total. The van der Waals surface area contributed by atoms with Crippen LogP contribution in [0.15, 0.2) is 55.1 Å². The molecule has 1 aromatic carbocycles. The second-order valence-electron chi connectivity index (χ2n) is 6.91. The number of rotatable bonds is 6. The molecular weight excluding hydrogens is 428 g/mol. The van der Waals surface area contributed by atoms with Crippen LogP contribution in [0, 0.1) is 0 Å². The Bertz CT molecular complexity index is 1060. The van der Waals surface area contributed by atoms with Crippen LogP contribution in [-0.4, -0.2) is 39.5 Å². The normalized spacial score (nSPS) is 13.8. The zero-order valence-electron chi connectivity index (χ0n) is 16.3. The summed E-state index contributed by atoms with van der Waals surface area (Å²) < 4.78 is 29.7. The van der Waals surface area contributed by atoms with Gasteiger partial charge < -0.3 is 15.0 Å². The molecule has 1 fully saturated rings. The summed E-state index contributed by atoms with van der Waals surface area (Å²) in [4.78, 5) is 27.9. The molecule has 4 rings (SSSR count). The van der Waals surface area contributed by atoms with Crippen molar-refractivity contribution in [3.05, 3.63) is 60.7 Å². The van der Waals surface area contributed by atoms with Crippen molar-refractivity contribution in [3.8, 4) is 17.0 Å². The molecule has 7 nitrogen and oxygen atoms in total. The van der Waals surface area contributed by atoms with Crippen LogP contribution >= 0.6 is 11.6 Å². The number of nitrogens with one attached hydrogen (secondary N) is 1. The molecular formula is C21H18ClF2N5O2. The highest BCUT2D eigenvalue weighted by molar-refractivity contribution is 6.20. The molecule has 160 valence electrons. The minimum absolute atomic E-state index is 0.125. The predicted molar refractivity (Wildman–Crippen MR) is 113 cm³/mol. The van der Waals surface area contributed by atoms with Crippen molar-refractivity contribution in [1.29, 1.82) is 0 Å². The number of benzene rings is 1. The molecule has 1 aliphatic rings. The third kappa shape index (κ3) is 5.24. The van der Waals surface area contributed by atoms with E-state index in [0.29, 0.717) is 16.9 Å². The lowest BCUT2D eigenvalue weighted by Crippen LogP contribution is -2.21. The predicted octanol–water partition coefficient (Wildman–Crippen LogP) is 4.56. The van der Waals surface area contributed by atoms with Gasteiger partial charge in [0.15, 0.2) is 0 Å². The van der Waals surface area contributed by atoms with Crippen molar-refractivity contribution in [3.63, 3.8) is 0 Å². The molecule has 10 heteroatoms. The summed E-state index contributed by atoms with van der Waals surface area (Å²) in [5.41, 5.74) is -1.73. The lowest BCUT2D eigenvalue weighted by molar-refractivity contribution is -0.0964. The first-order chi connectivity index (χ1) is 14.9. The molecule has 1 amide bonds.